The quantitative estimate of drug-likeness (QED) is 0.728. The zero-order valence-corrected chi connectivity index (χ0v) is 11.2. The van der Waals surface area contributed by atoms with Crippen molar-refractivity contribution >= 4 is 0 Å². The molecule has 0 aliphatic heterocycles. The summed E-state index contributed by atoms with van der Waals surface area (Å²) in [6.45, 7) is 0.354. The van der Waals surface area contributed by atoms with Crippen LogP contribution in [-0.2, 0) is 6.61 Å². The minimum atomic E-state index is -0.263. The second kappa shape index (κ2) is 6.13. The second-order valence-electron chi connectivity index (χ2n) is 4.47. The van der Waals surface area contributed by atoms with Gasteiger partial charge < -0.3 is 4.74 Å². The Morgan fingerprint density at radius 2 is 1.76 bits per heavy atom. The van der Waals surface area contributed by atoms with Crippen LogP contribution in [0.5, 0.6) is 5.88 Å². The molecule has 0 spiro atoms. The standard InChI is InChI=1S/C17H13FN2O/c18-16-7-2-1-6-15(16)13-8-9-17(20-11-13)21-12-14-5-3-4-10-19-14/h1-11H,12H2. The highest BCUT2D eigenvalue weighted by Crippen LogP contribution is 2.23. The van der Waals surface area contributed by atoms with Crippen LogP contribution in [-0.4, -0.2) is 9.97 Å². The number of hydrogen-bond donors (Lipinski definition) is 0. The van der Waals surface area contributed by atoms with Crippen molar-refractivity contribution < 1.29 is 9.13 Å². The SMILES string of the molecule is Fc1ccccc1-c1ccc(OCc2ccccn2)nc1. The van der Waals surface area contributed by atoms with Gasteiger partial charge in [0.05, 0.1) is 5.69 Å². The Morgan fingerprint density at radius 1 is 0.905 bits per heavy atom. The number of aromatic nitrogens is 2. The molecule has 3 rings (SSSR count). The molecule has 0 saturated heterocycles. The van der Waals surface area contributed by atoms with Gasteiger partial charge in [0, 0.05) is 29.6 Å². The molecular weight excluding hydrogens is 267 g/mol. The van der Waals surface area contributed by atoms with Crippen LogP contribution >= 0.6 is 0 Å². The number of ether oxygens (including phenoxy) is 1. The fourth-order valence-corrected chi connectivity index (χ4v) is 1.95. The summed E-state index contributed by atoms with van der Waals surface area (Å²) in [5.74, 6) is 0.224. The Labute approximate surface area is 122 Å². The predicted octanol–water partition coefficient (Wildman–Crippen LogP) is 3.86. The van der Waals surface area contributed by atoms with Crippen LogP contribution in [0.2, 0.25) is 0 Å². The topological polar surface area (TPSA) is 35.0 Å². The first-order chi connectivity index (χ1) is 10.3. The Hall–Kier alpha value is -2.75. The van der Waals surface area contributed by atoms with Crippen LogP contribution in [0.3, 0.4) is 0 Å². The highest BCUT2D eigenvalue weighted by molar-refractivity contribution is 5.63. The van der Waals surface area contributed by atoms with Crippen molar-refractivity contribution in [2.24, 2.45) is 0 Å². The largest absolute Gasteiger partial charge is 0.471 e. The molecule has 0 aliphatic carbocycles. The summed E-state index contributed by atoms with van der Waals surface area (Å²) in [6.07, 6.45) is 3.32. The van der Waals surface area contributed by atoms with Gasteiger partial charge in [-0.2, -0.15) is 0 Å². The van der Waals surface area contributed by atoms with Crippen molar-refractivity contribution in [3.05, 3.63) is 78.5 Å². The van der Waals surface area contributed by atoms with Crippen molar-refractivity contribution in [1.82, 2.24) is 9.97 Å². The average Bonchev–Trinajstić information content (AvgIpc) is 2.55. The van der Waals surface area contributed by atoms with Crippen LogP contribution in [0.15, 0.2) is 67.0 Å². The number of nitrogens with zero attached hydrogens (tertiary/aromatic N) is 2. The van der Waals surface area contributed by atoms with E-state index in [1.807, 2.05) is 18.2 Å². The van der Waals surface area contributed by atoms with E-state index in [1.54, 1.807) is 42.7 Å². The van der Waals surface area contributed by atoms with Crippen molar-refractivity contribution in [3.8, 4) is 17.0 Å². The number of halogens is 1. The summed E-state index contributed by atoms with van der Waals surface area (Å²) < 4.78 is 19.2. The normalized spacial score (nSPS) is 10.3. The van der Waals surface area contributed by atoms with Gasteiger partial charge in [0.25, 0.3) is 0 Å². The molecule has 0 saturated carbocycles. The molecule has 3 aromatic rings. The van der Waals surface area contributed by atoms with Crippen LogP contribution in [0.25, 0.3) is 11.1 Å². The molecule has 104 valence electrons. The molecule has 0 bridgehead atoms. The van der Waals surface area contributed by atoms with Gasteiger partial charge in [-0.15, -0.1) is 0 Å². The molecule has 4 heteroatoms. The van der Waals surface area contributed by atoms with Gasteiger partial charge in [0.2, 0.25) is 5.88 Å². The molecule has 0 amide bonds. The minimum Gasteiger partial charge on any atom is -0.471 e. The molecule has 2 heterocycles. The van der Waals surface area contributed by atoms with Gasteiger partial charge in [-0.05, 0) is 24.3 Å². The Bertz CT molecular complexity index is 714. The zero-order chi connectivity index (χ0) is 14.5. The van der Waals surface area contributed by atoms with E-state index in [2.05, 4.69) is 9.97 Å². The van der Waals surface area contributed by atoms with E-state index < -0.39 is 0 Å². The van der Waals surface area contributed by atoms with E-state index in [0.29, 0.717) is 18.1 Å². The molecule has 0 radical (unpaired) electrons. The number of rotatable bonds is 4. The second-order valence-corrected chi connectivity index (χ2v) is 4.47. The van der Waals surface area contributed by atoms with Crippen LogP contribution in [0, 0.1) is 5.82 Å². The average molecular weight is 280 g/mol. The van der Waals surface area contributed by atoms with Crippen molar-refractivity contribution in [1.29, 1.82) is 0 Å². The summed E-state index contributed by atoms with van der Waals surface area (Å²) in [7, 11) is 0. The highest BCUT2D eigenvalue weighted by Gasteiger charge is 2.05. The maximum atomic E-state index is 13.7. The van der Waals surface area contributed by atoms with Crippen molar-refractivity contribution in [2.45, 2.75) is 6.61 Å². The molecule has 21 heavy (non-hydrogen) atoms. The summed E-state index contributed by atoms with van der Waals surface area (Å²) in [6, 6.07) is 15.8. The lowest BCUT2D eigenvalue weighted by Gasteiger charge is -2.06. The van der Waals surface area contributed by atoms with Gasteiger partial charge >= 0.3 is 0 Å². The highest BCUT2D eigenvalue weighted by atomic mass is 19.1. The molecule has 0 fully saturated rings. The van der Waals surface area contributed by atoms with Crippen LogP contribution in [0.4, 0.5) is 4.39 Å². The van der Waals surface area contributed by atoms with Gasteiger partial charge in [0.15, 0.2) is 0 Å². The first-order valence-electron chi connectivity index (χ1n) is 6.56. The first-order valence-corrected chi connectivity index (χ1v) is 6.56. The molecule has 1 aromatic carbocycles. The predicted molar refractivity (Wildman–Crippen MR) is 78.2 cm³/mol. The van der Waals surface area contributed by atoms with Gasteiger partial charge in [-0.25, -0.2) is 9.37 Å². The zero-order valence-electron chi connectivity index (χ0n) is 11.2. The van der Waals surface area contributed by atoms with E-state index in [-0.39, 0.29) is 5.82 Å². The number of benzene rings is 1. The molecule has 2 aromatic heterocycles. The van der Waals surface area contributed by atoms with Gasteiger partial charge in [-0.3, -0.25) is 4.98 Å². The summed E-state index contributed by atoms with van der Waals surface area (Å²) in [5, 5.41) is 0. The van der Waals surface area contributed by atoms with E-state index >= 15 is 0 Å². The Kier molecular flexibility index (Phi) is 3.87. The lowest BCUT2D eigenvalue weighted by molar-refractivity contribution is 0.289. The van der Waals surface area contributed by atoms with Crippen molar-refractivity contribution in [3.63, 3.8) is 0 Å². The van der Waals surface area contributed by atoms with Crippen LogP contribution < -0.4 is 4.74 Å². The van der Waals surface area contributed by atoms with Crippen LogP contribution in [0.1, 0.15) is 5.69 Å². The maximum absolute atomic E-state index is 13.7. The molecule has 0 N–H and O–H groups in total. The Balaban J connectivity index is 1.71. The van der Waals surface area contributed by atoms with E-state index in [9.17, 15) is 4.39 Å². The lowest BCUT2D eigenvalue weighted by atomic mass is 10.1. The smallest absolute Gasteiger partial charge is 0.213 e. The Morgan fingerprint density at radius 3 is 2.48 bits per heavy atom. The third-order valence-corrected chi connectivity index (χ3v) is 3.02. The van der Waals surface area contributed by atoms with E-state index in [4.69, 9.17) is 4.74 Å². The lowest BCUT2D eigenvalue weighted by Crippen LogP contribution is -1.99. The summed E-state index contributed by atoms with van der Waals surface area (Å²) >= 11 is 0. The molecular formula is C17H13FN2O. The monoisotopic (exact) mass is 280 g/mol. The minimum absolute atomic E-state index is 0.263. The third kappa shape index (κ3) is 3.23. The summed E-state index contributed by atoms with van der Waals surface area (Å²) in [4.78, 5) is 8.36. The molecule has 0 aliphatic rings. The first kappa shape index (κ1) is 13.2. The summed E-state index contributed by atoms with van der Waals surface area (Å²) in [5.41, 5.74) is 2.08. The fraction of sp³-hybridized carbons (Fsp3) is 0.0588. The fourth-order valence-electron chi connectivity index (χ4n) is 1.95. The van der Waals surface area contributed by atoms with Crippen molar-refractivity contribution in [2.75, 3.05) is 0 Å². The number of pyridine rings is 2. The third-order valence-electron chi connectivity index (χ3n) is 3.02. The van der Waals surface area contributed by atoms with Gasteiger partial charge in [0.1, 0.15) is 12.4 Å². The van der Waals surface area contributed by atoms with Gasteiger partial charge in [-0.1, -0.05) is 24.3 Å². The molecule has 0 unspecified atom stereocenters. The molecule has 0 atom stereocenters. The number of hydrogen-bond acceptors (Lipinski definition) is 3. The molecule has 3 nitrogen and oxygen atoms in total. The van der Waals surface area contributed by atoms with E-state index in [0.717, 1.165) is 11.3 Å². The maximum Gasteiger partial charge on any atom is 0.213 e. The van der Waals surface area contributed by atoms with E-state index in [1.165, 1.54) is 6.07 Å².